The van der Waals surface area contributed by atoms with Gasteiger partial charge in [-0.05, 0) is 17.2 Å². The number of amides is 1. The highest BCUT2D eigenvalue weighted by molar-refractivity contribution is 5.95. The first-order chi connectivity index (χ1) is 16.9. The Morgan fingerprint density at radius 2 is 1.80 bits per heavy atom. The minimum atomic E-state index is -0.835. The van der Waals surface area contributed by atoms with Gasteiger partial charge in [-0.2, -0.15) is 5.10 Å². The van der Waals surface area contributed by atoms with E-state index in [1.54, 1.807) is 27.7 Å². The molecule has 0 aliphatic heterocycles. The largest absolute Gasteiger partial charge is 0.378 e. The zero-order chi connectivity index (χ0) is 24.8. The van der Waals surface area contributed by atoms with E-state index in [1.165, 1.54) is 13.2 Å². The van der Waals surface area contributed by atoms with Gasteiger partial charge in [-0.3, -0.25) is 19.3 Å². The average Bonchev–Trinajstić information content (AvgIpc) is 3.23. The number of halogens is 2. The number of methoxy groups -OCH3 is 1. The van der Waals surface area contributed by atoms with E-state index in [0.717, 1.165) is 17.3 Å². The molecule has 35 heavy (non-hydrogen) atoms. The quantitative estimate of drug-likeness (QED) is 0.399. The summed E-state index contributed by atoms with van der Waals surface area (Å²) in [5.41, 5.74) is 2.50. The third-order valence-electron chi connectivity index (χ3n) is 5.28. The number of pyridine rings is 2. The Bertz CT molecular complexity index is 1380. The molecule has 0 saturated carbocycles. The summed E-state index contributed by atoms with van der Waals surface area (Å²) >= 11 is 0. The van der Waals surface area contributed by atoms with Crippen LogP contribution in [0.2, 0.25) is 0 Å². The molecule has 0 atom stereocenters. The van der Waals surface area contributed by atoms with Gasteiger partial charge in [0.15, 0.2) is 0 Å². The number of nitrogens with one attached hydrogen (secondary N) is 1. The standard InChI is InChI=1S/C25H23F2N5O3/c1-35-16-23-20(25(34)29-12-22-21(27)10-19(26)11-28-22)15-32(30-23)14-18-7-5-17(6-8-18)13-31-9-3-2-4-24(31)33/h2-11,15H,12-14,16H2,1H3,(H,29,34). The molecule has 8 nitrogen and oxygen atoms in total. The van der Waals surface area contributed by atoms with Gasteiger partial charge in [0, 0.05) is 31.6 Å². The number of nitrogens with zero attached hydrogens (tertiary/aromatic N) is 4. The van der Waals surface area contributed by atoms with Gasteiger partial charge in [-0.15, -0.1) is 0 Å². The zero-order valence-corrected chi connectivity index (χ0v) is 18.9. The number of ether oxygens (including phenoxy) is 1. The van der Waals surface area contributed by atoms with Crippen molar-refractivity contribution >= 4 is 5.91 Å². The number of hydrogen-bond donors (Lipinski definition) is 1. The highest BCUT2D eigenvalue weighted by atomic mass is 19.1. The number of aromatic nitrogens is 4. The molecule has 180 valence electrons. The van der Waals surface area contributed by atoms with Crippen molar-refractivity contribution in [2.24, 2.45) is 0 Å². The number of carbonyl (C=O) groups excluding carboxylic acids is 1. The molecule has 3 heterocycles. The van der Waals surface area contributed by atoms with Crippen molar-refractivity contribution in [1.82, 2.24) is 24.6 Å². The van der Waals surface area contributed by atoms with Crippen molar-refractivity contribution in [3.8, 4) is 0 Å². The lowest BCUT2D eigenvalue weighted by Gasteiger charge is -2.07. The second-order valence-electron chi connectivity index (χ2n) is 7.87. The van der Waals surface area contributed by atoms with Crippen LogP contribution in [-0.4, -0.2) is 32.3 Å². The summed E-state index contributed by atoms with van der Waals surface area (Å²) in [6, 6.07) is 13.5. The number of rotatable bonds is 9. The molecule has 4 aromatic rings. The first kappa shape index (κ1) is 24.0. The van der Waals surface area contributed by atoms with E-state index in [4.69, 9.17) is 4.74 Å². The molecular weight excluding hydrogens is 456 g/mol. The van der Waals surface area contributed by atoms with Crippen LogP contribution in [0.1, 0.15) is 32.9 Å². The maximum Gasteiger partial charge on any atom is 0.255 e. The summed E-state index contributed by atoms with van der Waals surface area (Å²) in [5, 5.41) is 7.03. The molecule has 3 aromatic heterocycles. The molecule has 10 heteroatoms. The highest BCUT2D eigenvalue weighted by Gasteiger charge is 2.17. The van der Waals surface area contributed by atoms with Crippen LogP contribution in [-0.2, 0) is 31.0 Å². The molecule has 4 rings (SSSR count). The van der Waals surface area contributed by atoms with Crippen LogP contribution in [0.3, 0.4) is 0 Å². The fraction of sp³-hybridized carbons (Fsp3) is 0.200. The lowest BCUT2D eigenvalue weighted by Crippen LogP contribution is -2.24. The lowest BCUT2D eigenvalue weighted by molar-refractivity contribution is 0.0945. The van der Waals surface area contributed by atoms with Crippen molar-refractivity contribution in [3.63, 3.8) is 0 Å². The summed E-state index contributed by atoms with van der Waals surface area (Å²) in [4.78, 5) is 28.3. The number of benzene rings is 1. The molecule has 0 spiro atoms. The van der Waals surface area contributed by atoms with Crippen molar-refractivity contribution in [2.75, 3.05) is 7.11 Å². The van der Waals surface area contributed by atoms with Gasteiger partial charge in [0.25, 0.3) is 11.5 Å². The summed E-state index contributed by atoms with van der Waals surface area (Å²) in [6.07, 6.45) is 4.22. The predicted molar refractivity (Wildman–Crippen MR) is 124 cm³/mol. The van der Waals surface area contributed by atoms with E-state index < -0.39 is 17.5 Å². The molecule has 1 aromatic carbocycles. The van der Waals surface area contributed by atoms with Gasteiger partial charge >= 0.3 is 0 Å². The second kappa shape index (κ2) is 10.8. The van der Waals surface area contributed by atoms with E-state index in [2.05, 4.69) is 15.4 Å². The fourth-order valence-electron chi connectivity index (χ4n) is 3.53. The Morgan fingerprint density at radius 3 is 2.49 bits per heavy atom. The molecule has 0 aliphatic rings. The third-order valence-corrected chi connectivity index (χ3v) is 5.28. The van der Waals surface area contributed by atoms with Gasteiger partial charge in [-0.1, -0.05) is 30.3 Å². The predicted octanol–water partition coefficient (Wildman–Crippen LogP) is 2.89. The summed E-state index contributed by atoms with van der Waals surface area (Å²) in [7, 11) is 1.50. The Kier molecular flexibility index (Phi) is 7.41. The number of hydrogen-bond acceptors (Lipinski definition) is 5. The molecule has 1 amide bonds. The molecule has 0 radical (unpaired) electrons. The van der Waals surface area contributed by atoms with E-state index in [-0.39, 0.29) is 30.0 Å². The first-order valence-electron chi connectivity index (χ1n) is 10.8. The molecule has 0 saturated heterocycles. The molecule has 0 bridgehead atoms. The normalized spacial score (nSPS) is 10.9. The molecule has 0 fully saturated rings. The van der Waals surface area contributed by atoms with Crippen molar-refractivity contribution in [1.29, 1.82) is 0 Å². The van der Waals surface area contributed by atoms with E-state index in [1.807, 2.05) is 30.3 Å². The monoisotopic (exact) mass is 479 g/mol. The maximum atomic E-state index is 13.8. The van der Waals surface area contributed by atoms with Crippen LogP contribution in [0, 0.1) is 11.6 Å². The summed E-state index contributed by atoms with van der Waals surface area (Å²) in [5.74, 6) is -2.10. The molecule has 1 N–H and O–H groups in total. The van der Waals surface area contributed by atoms with Crippen LogP contribution in [0.5, 0.6) is 0 Å². The average molecular weight is 479 g/mol. The van der Waals surface area contributed by atoms with Gasteiger partial charge < -0.3 is 14.6 Å². The lowest BCUT2D eigenvalue weighted by atomic mass is 10.1. The van der Waals surface area contributed by atoms with Crippen molar-refractivity contribution in [2.45, 2.75) is 26.2 Å². The maximum absolute atomic E-state index is 13.8. The SMILES string of the molecule is COCc1nn(Cc2ccc(Cn3ccccc3=O)cc2)cc1C(=O)NCc1ncc(F)cc1F. The Hall–Kier alpha value is -4.18. The van der Waals surface area contributed by atoms with Gasteiger partial charge in [-0.25, -0.2) is 8.78 Å². The highest BCUT2D eigenvalue weighted by Crippen LogP contribution is 2.13. The summed E-state index contributed by atoms with van der Waals surface area (Å²) in [6.45, 7) is 0.787. The van der Waals surface area contributed by atoms with Crippen LogP contribution >= 0.6 is 0 Å². The van der Waals surface area contributed by atoms with E-state index >= 15 is 0 Å². The molecule has 0 unspecified atom stereocenters. The number of carbonyl (C=O) groups is 1. The smallest absolute Gasteiger partial charge is 0.255 e. The molecular formula is C25H23F2N5O3. The first-order valence-corrected chi connectivity index (χ1v) is 10.8. The van der Waals surface area contributed by atoms with Crippen molar-refractivity contribution < 1.29 is 18.3 Å². The van der Waals surface area contributed by atoms with Crippen LogP contribution in [0.15, 0.2) is 71.9 Å². The fourth-order valence-corrected chi connectivity index (χ4v) is 3.53. The van der Waals surface area contributed by atoms with E-state index in [0.29, 0.717) is 24.8 Å². The van der Waals surface area contributed by atoms with Crippen LogP contribution in [0.4, 0.5) is 8.78 Å². The minimum absolute atomic E-state index is 0.0671. The van der Waals surface area contributed by atoms with Gasteiger partial charge in [0.05, 0.1) is 43.7 Å². The molecule has 0 aliphatic carbocycles. The second-order valence-corrected chi connectivity index (χ2v) is 7.87. The summed E-state index contributed by atoms with van der Waals surface area (Å²) < 4.78 is 35.3. The van der Waals surface area contributed by atoms with Gasteiger partial charge in [0.1, 0.15) is 17.3 Å². The third kappa shape index (κ3) is 6.04. The zero-order valence-electron chi connectivity index (χ0n) is 18.9. The van der Waals surface area contributed by atoms with E-state index in [9.17, 15) is 18.4 Å². The Morgan fingerprint density at radius 1 is 1.06 bits per heavy atom. The topological polar surface area (TPSA) is 91.0 Å². The Balaban J connectivity index is 1.44. The Labute approximate surface area is 199 Å². The van der Waals surface area contributed by atoms with Gasteiger partial charge in [0.2, 0.25) is 0 Å². The minimum Gasteiger partial charge on any atom is -0.378 e. The van der Waals surface area contributed by atoms with Crippen LogP contribution in [0.25, 0.3) is 0 Å². The van der Waals surface area contributed by atoms with Crippen LogP contribution < -0.4 is 10.9 Å². The van der Waals surface area contributed by atoms with Crippen molar-refractivity contribution in [3.05, 3.63) is 117 Å².